The second-order valence-electron chi connectivity index (χ2n) is 4.11. The molecule has 1 heterocycles. The van der Waals surface area contributed by atoms with Gasteiger partial charge in [-0.05, 0) is 28.1 Å². The number of hydrogen-bond acceptors (Lipinski definition) is 4. The Hall–Kier alpha value is -0.340. The summed E-state index contributed by atoms with van der Waals surface area (Å²) in [5.41, 5.74) is 0.180. The highest BCUT2D eigenvalue weighted by atomic mass is 79.9. The molecule has 1 fully saturated rings. The average molecular weight is 403 g/mol. The fourth-order valence-corrected chi connectivity index (χ4v) is 4.19. The van der Waals surface area contributed by atoms with Crippen molar-refractivity contribution in [2.24, 2.45) is 0 Å². The minimum absolute atomic E-state index is 0.114. The maximum atomic E-state index is 12.3. The van der Waals surface area contributed by atoms with Crippen LogP contribution in [-0.4, -0.2) is 45.5 Å². The van der Waals surface area contributed by atoms with Crippen LogP contribution in [-0.2, 0) is 13.8 Å². The molecule has 0 aromatic heterocycles. The Balaban J connectivity index is 2.42. The number of hydrogen-bond donors (Lipinski definition) is 0. The number of nitrogens with zero attached hydrogens (tertiary/aromatic N) is 1. The van der Waals surface area contributed by atoms with Crippen molar-refractivity contribution in [2.45, 2.75) is 4.90 Å². The molecule has 9 heteroatoms. The van der Waals surface area contributed by atoms with Gasteiger partial charge in [0.05, 0.1) is 27.6 Å². The molecule has 0 spiro atoms. The van der Waals surface area contributed by atoms with E-state index in [0.717, 1.165) is 0 Å². The molecule has 0 saturated carbocycles. The number of halogens is 3. The maximum Gasteiger partial charge on any atom is 0.262 e. The molecule has 0 N–H and O–H groups in total. The van der Waals surface area contributed by atoms with E-state index >= 15 is 0 Å². The number of carbonyl (C=O) groups excluding carboxylic acids is 1. The predicted octanol–water partition coefficient (Wildman–Crippen LogP) is 2.50. The third-order valence-corrected chi connectivity index (χ3v) is 5.79. The molecule has 1 saturated heterocycles. The van der Waals surface area contributed by atoms with Gasteiger partial charge in [-0.25, -0.2) is 8.42 Å². The molecular formula is C11H10BrCl2NO4S. The second kappa shape index (κ2) is 6.19. The first-order valence-corrected chi connectivity index (χ1v) is 9.09. The topological polar surface area (TPSA) is 63.7 Å². The molecule has 1 aliphatic rings. The van der Waals surface area contributed by atoms with Crippen LogP contribution in [0.5, 0.6) is 0 Å². The summed E-state index contributed by atoms with van der Waals surface area (Å²) in [6.07, 6.45) is 0. The zero-order chi connectivity index (χ0) is 14.9. The SMILES string of the molecule is O=C(c1cc(Cl)c(Br)c(S(=O)(=O)Cl)c1)N1CCOCC1. The van der Waals surface area contributed by atoms with Gasteiger partial charge in [0, 0.05) is 29.3 Å². The standard InChI is InChI=1S/C11H10BrCl2NO4S/c12-10-8(13)5-7(6-9(10)20(14,17)18)11(16)15-1-3-19-4-2-15/h5-6H,1-4H2. The molecule has 0 bridgehead atoms. The first kappa shape index (κ1) is 16.0. The van der Waals surface area contributed by atoms with Crippen LogP contribution in [0, 0.1) is 0 Å². The Kier molecular flexibility index (Phi) is 4.96. The van der Waals surface area contributed by atoms with E-state index in [1.807, 2.05) is 0 Å². The van der Waals surface area contributed by atoms with Crippen molar-refractivity contribution in [3.63, 3.8) is 0 Å². The monoisotopic (exact) mass is 401 g/mol. The van der Waals surface area contributed by atoms with Crippen molar-refractivity contribution in [3.05, 3.63) is 27.2 Å². The van der Waals surface area contributed by atoms with Gasteiger partial charge in [-0.3, -0.25) is 4.79 Å². The Morgan fingerprint density at radius 2 is 1.90 bits per heavy atom. The van der Waals surface area contributed by atoms with Crippen LogP contribution in [0.3, 0.4) is 0 Å². The third-order valence-electron chi connectivity index (χ3n) is 2.80. The van der Waals surface area contributed by atoms with Crippen LogP contribution >= 0.6 is 38.2 Å². The molecule has 1 aromatic carbocycles. The molecule has 0 atom stereocenters. The van der Waals surface area contributed by atoms with Crippen LogP contribution in [0.25, 0.3) is 0 Å². The van der Waals surface area contributed by atoms with Crippen molar-refractivity contribution in [3.8, 4) is 0 Å². The third kappa shape index (κ3) is 3.46. The van der Waals surface area contributed by atoms with Crippen molar-refractivity contribution in [1.29, 1.82) is 0 Å². The highest BCUT2D eigenvalue weighted by molar-refractivity contribution is 9.10. The van der Waals surface area contributed by atoms with Gasteiger partial charge in [0.1, 0.15) is 0 Å². The molecule has 1 aliphatic heterocycles. The molecule has 0 aliphatic carbocycles. The lowest BCUT2D eigenvalue weighted by Gasteiger charge is -2.27. The Bertz CT molecular complexity index is 644. The van der Waals surface area contributed by atoms with E-state index in [4.69, 9.17) is 27.0 Å². The summed E-state index contributed by atoms with van der Waals surface area (Å²) < 4.78 is 28.3. The van der Waals surface area contributed by atoms with Gasteiger partial charge in [-0.2, -0.15) is 0 Å². The van der Waals surface area contributed by atoms with Crippen LogP contribution in [0.2, 0.25) is 5.02 Å². The van der Waals surface area contributed by atoms with Crippen LogP contribution < -0.4 is 0 Å². The lowest BCUT2D eigenvalue weighted by atomic mass is 10.2. The lowest BCUT2D eigenvalue weighted by molar-refractivity contribution is 0.0302. The molecule has 20 heavy (non-hydrogen) atoms. The fraction of sp³-hybridized carbons (Fsp3) is 0.364. The Morgan fingerprint density at radius 1 is 1.30 bits per heavy atom. The van der Waals surface area contributed by atoms with Gasteiger partial charge in [0.15, 0.2) is 0 Å². The molecule has 5 nitrogen and oxygen atoms in total. The van der Waals surface area contributed by atoms with E-state index in [2.05, 4.69) is 15.9 Å². The van der Waals surface area contributed by atoms with Crippen molar-refractivity contribution < 1.29 is 17.9 Å². The highest BCUT2D eigenvalue weighted by Crippen LogP contribution is 2.33. The number of benzene rings is 1. The van der Waals surface area contributed by atoms with Crippen molar-refractivity contribution in [2.75, 3.05) is 26.3 Å². The van der Waals surface area contributed by atoms with Gasteiger partial charge in [0.25, 0.3) is 15.0 Å². The van der Waals surface area contributed by atoms with Crippen molar-refractivity contribution in [1.82, 2.24) is 4.90 Å². The zero-order valence-electron chi connectivity index (χ0n) is 10.1. The molecule has 1 aromatic rings. The Labute approximate surface area is 134 Å². The summed E-state index contributed by atoms with van der Waals surface area (Å²) in [5.74, 6) is -0.302. The number of morpholine rings is 1. The summed E-state index contributed by atoms with van der Waals surface area (Å²) >= 11 is 9.00. The first-order valence-electron chi connectivity index (χ1n) is 5.61. The average Bonchev–Trinajstić information content (AvgIpc) is 2.40. The summed E-state index contributed by atoms with van der Waals surface area (Å²) in [5, 5.41) is 0.114. The van der Waals surface area contributed by atoms with Crippen LogP contribution in [0.15, 0.2) is 21.5 Å². The summed E-state index contributed by atoms with van der Waals surface area (Å²) in [6.45, 7) is 1.82. The normalized spacial score (nSPS) is 16.2. The van der Waals surface area contributed by atoms with Gasteiger partial charge in [0.2, 0.25) is 0 Å². The van der Waals surface area contributed by atoms with Gasteiger partial charge in [-0.15, -0.1) is 0 Å². The first-order chi connectivity index (χ1) is 9.30. The zero-order valence-corrected chi connectivity index (χ0v) is 14.0. The number of amides is 1. The molecule has 1 amide bonds. The molecule has 2 rings (SSSR count). The molecule has 110 valence electrons. The van der Waals surface area contributed by atoms with E-state index in [1.54, 1.807) is 4.90 Å². The second-order valence-corrected chi connectivity index (χ2v) is 7.85. The predicted molar refractivity (Wildman–Crippen MR) is 78.9 cm³/mol. The van der Waals surface area contributed by atoms with E-state index < -0.39 is 9.05 Å². The smallest absolute Gasteiger partial charge is 0.262 e. The molecular weight excluding hydrogens is 393 g/mol. The minimum Gasteiger partial charge on any atom is -0.378 e. The Morgan fingerprint density at radius 3 is 2.45 bits per heavy atom. The van der Waals surface area contributed by atoms with E-state index in [9.17, 15) is 13.2 Å². The number of ether oxygens (including phenoxy) is 1. The van der Waals surface area contributed by atoms with E-state index in [0.29, 0.717) is 26.3 Å². The van der Waals surface area contributed by atoms with Gasteiger partial charge in [-0.1, -0.05) is 11.6 Å². The quantitative estimate of drug-likeness (QED) is 0.713. The van der Waals surface area contributed by atoms with Gasteiger partial charge < -0.3 is 9.64 Å². The van der Waals surface area contributed by atoms with Gasteiger partial charge >= 0.3 is 0 Å². The number of rotatable bonds is 2. The maximum absolute atomic E-state index is 12.3. The minimum atomic E-state index is -4.00. The highest BCUT2D eigenvalue weighted by Gasteiger charge is 2.24. The summed E-state index contributed by atoms with van der Waals surface area (Å²) in [4.78, 5) is 13.7. The molecule has 0 radical (unpaired) electrons. The van der Waals surface area contributed by atoms with Crippen LogP contribution in [0.4, 0.5) is 0 Å². The van der Waals surface area contributed by atoms with Crippen LogP contribution in [0.1, 0.15) is 10.4 Å². The molecule has 0 unspecified atom stereocenters. The fourth-order valence-electron chi connectivity index (χ4n) is 1.81. The summed E-state index contributed by atoms with van der Waals surface area (Å²) in [6, 6.07) is 2.63. The lowest BCUT2D eigenvalue weighted by Crippen LogP contribution is -2.40. The summed E-state index contributed by atoms with van der Waals surface area (Å²) in [7, 11) is 1.34. The van der Waals surface area contributed by atoms with E-state index in [-0.39, 0.29) is 25.9 Å². The van der Waals surface area contributed by atoms with Crippen molar-refractivity contribution >= 4 is 53.2 Å². The number of carbonyl (C=O) groups is 1. The van der Waals surface area contributed by atoms with E-state index in [1.165, 1.54) is 12.1 Å². The largest absolute Gasteiger partial charge is 0.378 e.